The maximum Gasteiger partial charge on any atom is 0.305 e. The van der Waals surface area contributed by atoms with Gasteiger partial charge in [0, 0.05) is 12.8 Å². The first kappa shape index (κ1) is 49.8. The van der Waals surface area contributed by atoms with Gasteiger partial charge in [0.05, 0.1) is 12.2 Å². The van der Waals surface area contributed by atoms with Crippen molar-refractivity contribution in [3.8, 4) is 0 Å². The van der Waals surface area contributed by atoms with Gasteiger partial charge in [-0.25, -0.2) is 0 Å². The molecule has 0 rings (SSSR count). The number of carbonyl (C=O) groups is 2. The van der Waals surface area contributed by atoms with Gasteiger partial charge < -0.3 is 24.8 Å². The molecular weight excluding hydrogens is 652 g/mol. The van der Waals surface area contributed by atoms with Crippen molar-refractivity contribution in [1.29, 1.82) is 0 Å². The van der Waals surface area contributed by atoms with E-state index in [1.165, 1.54) is 109 Å². The average Bonchev–Trinajstić information content (AvgIpc) is 3.12. The minimum Gasteiger partial charge on any atom is -0.463 e. The Balaban J connectivity index is 3.64. The Morgan fingerprint density at radius 1 is 0.519 bits per heavy atom. The Hall–Kier alpha value is -2.22. The highest BCUT2D eigenvalue weighted by Gasteiger charge is 2.12. The molecule has 0 aliphatic carbocycles. The van der Waals surface area contributed by atoms with E-state index < -0.39 is 24.3 Å². The molecule has 0 fully saturated rings. The van der Waals surface area contributed by atoms with Crippen molar-refractivity contribution in [3.05, 3.63) is 48.6 Å². The van der Waals surface area contributed by atoms with E-state index in [4.69, 9.17) is 9.47 Å². The van der Waals surface area contributed by atoms with Gasteiger partial charge in [0.1, 0.15) is 19.3 Å². The van der Waals surface area contributed by atoms with Gasteiger partial charge in [-0.1, -0.05) is 185 Å². The van der Waals surface area contributed by atoms with E-state index in [1.807, 2.05) is 6.08 Å². The molecule has 0 radical (unpaired) electrons. The Kier molecular flexibility index (Phi) is 36.9. The minimum atomic E-state index is -1.06. The summed E-state index contributed by atoms with van der Waals surface area (Å²) < 4.78 is 10.2. The number of carbonyl (C=O) groups excluding carboxylic acids is 2. The lowest BCUT2D eigenvalue weighted by atomic mass is 10.0. The molecule has 0 aliphatic rings. The smallest absolute Gasteiger partial charge is 0.305 e. The van der Waals surface area contributed by atoms with Crippen LogP contribution >= 0.6 is 0 Å². The lowest BCUT2D eigenvalue weighted by Crippen LogP contribution is -2.25. The normalized spacial score (nSPS) is 14.0. The molecule has 0 aromatic rings. The fourth-order valence-electron chi connectivity index (χ4n) is 5.88. The molecule has 7 heteroatoms. The monoisotopic (exact) mass is 733 g/mol. The topological polar surface area (TPSA) is 113 Å². The summed E-state index contributed by atoms with van der Waals surface area (Å²) in [6.07, 6.45) is 40.9. The van der Waals surface area contributed by atoms with Crippen LogP contribution in [0, 0.1) is 5.92 Å². The number of esters is 2. The van der Waals surface area contributed by atoms with Crippen molar-refractivity contribution in [3.63, 3.8) is 0 Å². The van der Waals surface area contributed by atoms with Gasteiger partial charge in [-0.15, -0.1) is 0 Å². The van der Waals surface area contributed by atoms with Crippen molar-refractivity contribution in [2.75, 3.05) is 13.2 Å². The van der Waals surface area contributed by atoms with Gasteiger partial charge in [0.2, 0.25) is 0 Å². The van der Waals surface area contributed by atoms with Gasteiger partial charge in [-0.05, 0) is 44.4 Å². The van der Waals surface area contributed by atoms with Crippen molar-refractivity contribution < 1.29 is 34.4 Å². The van der Waals surface area contributed by atoms with Crippen LogP contribution in [0.15, 0.2) is 48.6 Å². The van der Waals surface area contributed by atoms with E-state index in [0.29, 0.717) is 25.7 Å². The summed E-state index contributed by atoms with van der Waals surface area (Å²) >= 11 is 0. The highest BCUT2D eigenvalue weighted by Crippen LogP contribution is 2.15. The summed E-state index contributed by atoms with van der Waals surface area (Å²) in [4.78, 5) is 24.0. The lowest BCUT2D eigenvalue weighted by Gasteiger charge is -2.12. The zero-order valence-corrected chi connectivity index (χ0v) is 33.7. The highest BCUT2D eigenvalue weighted by atomic mass is 16.6. The Bertz CT molecular complexity index is 923. The zero-order valence-electron chi connectivity index (χ0n) is 33.7. The third-order valence-corrected chi connectivity index (χ3v) is 9.19. The number of aliphatic hydroxyl groups excluding tert-OH is 3. The molecular formula is C45H80O7. The van der Waals surface area contributed by atoms with Crippen molar-refractivity contribution in [2.24, 2.45) is 5.92 Å². The van der Waals surface area contributed by atoms with Gasteiger partial charge >= 0.3 is 11.9 Å². The molecule has 0 unspecified atom stereocenters. The molecule has 0 aliphatic heterocycles. The molecule has 52 heavy (non-hydrogen) atoms. The van der Waals surface area contributed by atoms with Crippen molar-refractivity contribution >= 4 is 11.9 Å². The highest BCUT2D eigenvalue weighted by molar-refractivity contribution is 5.69. The van der Waals surface area contributed by atoms with Gasteiger partial charge in [0.25, 0.3) is 0 Å². The summed E-state index contributed by atoms with van der Waals surface area (Å²) in [5, 5.41) is 30.1. The summed E-state index contributed by atoms with van der Waals surface area (Å²) in [6, 6.07) is 0. The lowest BCUT2D eigenvalue weighted by molar-refractivity contribution is -0.152. The van der Waals surface area contributed by atoms with Crippen LogP contribution in [-0.4, -0.2) is 58.8 Å². The van der Waals surface area contributed by atoms with E-state index in [0.717, 1.165) is 31.6 Å². The van der Waals surface area contributed by atoms with Crippen LogP contribution in [0.3, 0.4) is 0 Å². The minimum absolute atomic E-state index is 0.125. The average molecular weight is 733 g/mol. The van der Waals surface area contributed by atoms with Gasteiger partial charge in [0.15, 0.2) is 0 Å². The van der Waals surface area contributed by atoms with Crippen LogP contribution in [0.25, 0.3) is 0 Å². The number of allylic oxidation sites excluding steroid dienone is 5. The molecule has 0 saturated heterocycles. The molecule has 302 valence electrons. The quantitative estimate of drug-likeness (QED) is 0.0252. The molecule has 0 saturated carbocycles. The third-order valence-electron chi connectivity index (χ3n) is 9.19. The first-order valence-corrected chi connectivity index (χ1v) is 21.3. The SMILES string of the molecule is CCCCC/C=C\C[C@@H](O)/C=C/C=C/C=C\[C@@H](O)CCCC(=O)OC[C@@H](O)COC(=O)CCCCCCCCCCCCCCCCCCC(C)C. The Morgan fingerprint density at radius 3 is 1.48 bits per heavy atom. The summed E-state index contributed by atoms with van der Waals surface area (Å²) in [5.41, 5.74) is 0. The number of aliphatic hydroxyl groups is 3. The molecule has 7 nitrogen and oxygen atoms in total. The second kappa shape index (κ2) is 38.5. The fourth-order valence-corrected chi connectivity index (χ4v) is 5.88. The summed E-state index contributed by atoms with van der Waals surface area (Å²) in [7, 11) is 0. The van der Waals surface area contributed by atoms with Gasteiger partial charge in [-0.3, -0.25) is 9.59 Å². The number of unbranched alkanes of at least 4 members (excludes halogenated alkanes) is 18. The molecule has 3 atom stereocenters. The zero-order chi connectivity index (χ0) is 38.3. The third kappa shape index (κ3) is 39.0. The van der Waals surface area contributed by atoms with Gasteiger partial charge in [-0.2, -0.15) is 0 Å². The second-order valence-corrected chi connectivity index (χ2v) is 15.0. The van der Waals surface area contributed by atoms with Crippen LogP contribution in [-0.2, 0) is 19.1 Å². The van der Waals surface area contributed by atoms with Crippen LogP contribution < -0.4 is 0 Å². The maximum absolute atomic E-state index is 12.0. The first-order chi connectivity index (χ1) is 25.2. The van der Waals surface area contributed by atoms with Crippen LogP contribution in [0.2, 0.25) is 0 Å². The summed E-state index contributed by atoms with van der Waals surface area (Å²) in [6.45, 7) is 6.39. The predicted octanol–water partition coefficient (Wildman–Crippen LogP) is 11.2. The number of hydrogen-bond donors (Lipinski definition) is 3. The Labute approximate surface area is 319 Å². The molecule has 3 N–H and O–H groups in total. The Morgan fingerprint density at radius 2 is 0.981 bits per heavy atom. The van der Waals surface area contributed by atoms with E-state index in [-0.39, 0.29) is 25.6 Å². The predicted molar refractivity (Wildman–Crippen MR) is 217 cm³/mol. The maximum atomic E-state index is 12.0. The van der Waals surface area contributed by atoms with Crippen LogP contribution in [0.4, 0.5) is 0 Å². The molecule has 0 aromatic carbocycles. The van der Waals surface area contributed by atoms with E-state index in [2.05, 4.69) is 26.8 Å². The van der Waals surface area contributed by atoms with E-state index in [9.17, 15) is 24.9 Å². The largest absolute Gasteiger partial charge is 0.463 e. The van der Waals surface area contributed by atoms with Crippen molar-refractivity contribution in [1.82, 2.24) is 0 Å². The van der Waals surface area contributed by atoms with Crippen LogP contribution in [0.5, 0.6) is 0 Å². The van der Waals surface area contributed by atoms with E-state index >= 15 is 0 Å². The molecule has 0 aromatic heterocycles. The van der Waals surface area contributed by atoms with Crippen LogP contribution in [0.1, 0.15) is 188 Å². The van der Waals surface area contributed by atoms with Crippen molar-refractivity contribution in [2.45, 2.75) is 206 Å². The summed E-state index contributed by atoms with van der Waals surface area (Å²) in [5.74, 6) is 0.0540. The molecule has 0 spiro atoms. The molecule has 0 heterocycles. The fraction of sp³-hybridized carbons (Fsp3) is 0.778. The first-order valence-electron chi connectivity index (χ1n) is 21.3. The second-order valence-electron chi connectivity index (χ2n) is 15.0. The molecule has 0 amide bonds. The molecule has 0 bridgehead atoms. The standard InChI is InChI=1S/C45H80O7/c1-4-5-6-7-21-26-32-41(46)33-27-23-24-28-34-42(47)35-30-37-45(50)52-39-43(48)38-51-44(49)36-29-22-19-17-15-13-11-9-8-10-12-14-16-18-20-25-31-40(2)3/h21,23-24,26-28,33-34,40-43,46-48H,4-20,22,25,29-32,35-39H2,1-3H3/b24-23+,26-21-,33-27+,34-28-/t41-,42-,43+/m1/s1. The number of ether oxygens (including phenoxy) is 2. The number of hydrogen-bond acceptors (Lipinski definition) is 7. The van der Waals surface area contributed by atoms with E-state index in [1.54, 1.807) is 36.5 Å². The number of rotatable bonds is 37.